The molecular formula is C18H17ClN4OS. The maximum atomic E-state index is 12.5. The lowest BCUT2D eigenvalue weighted by Gasteiger charge is -2.31. The monoisotopic (exact) mass is 372 g/mol. The third-order valence-electron chi connectivity index (χ3n) is 4.57. The van der Waals surface area contributed by atoms with E-state index >= 15 is 0 Å². The van der Waals surface area contributed by atoms with Gasteiger partial charge in [0.05, 0.1) is 10.0 Å². The molecular weight excluding hydrogens is 356 g/mol. The molecule has 0 N–H and O–H groups in total. The molecule has 0 aliphatic carbocycles. The van der Waals surface area contributed by atoms with Crippen molar-refractivity contribution in [3.8, 4) is 0 Å². The predicted molar refractivity (Wildman–Crippen MR) is 99.3 cm³/mol. The number of piperidine rings is 1. The van der Waals surface area contributed by atoms with Crippen molar-refractivity contribution in [3.05, 3.63) is 51.2 Å². The van der Waals surface area contributed by atoms with Crippen LogP contribution in [0.15, 0.2) is 29.8 Å². The Morgan fingerprint density at radius 3 is 2.80 bits per heavy atom. The Bertz CT molecular complexity index is 934. The molecule has 1 fully saturated rings. The molecule has 3 aromatic rings. The van der Waals surface area contributed by atoms with Crippen LogP contribution in [0.25, 0.3) is 11.0 Å². The lowest BCUT2D eigenvalue weighted by molar-refractivity contribution is 0.0707. The molecule has 1 aliphatic heterocycles. The summed E-state index contributed by atoms with van der Waals surface area (Å²) in [5, 5.41) is 4.32. The first kappa shape index (κ1) is 16.4. The number of carbonyl (C=O) groups excluding carboxylic acids is 1. The molecule has 3 aromatic heterocycles. The summed E-state index contributed by atoms with van der Waals surface area (Å²) < 4.78 is 0. The Kier molecular flexibility index (Phi) is 4.39. The van der Waals surface area contributed by atoms with Gasteiger partial charge in [-0.15, -0.1) is 11.3 Å². The Labute approximate surface area is 154 Å². The Balaban J connectivity index is 1.46. The minimum absolute atomic E-state index is 0.0329. The van der Waals surface area contributed by atoms with Crippen LogP contribution >= 0.6 is 22.9 Å². The van der Waals surface area contributed by atoms with Gasteiger partial charge < -0.3 is 4.90 Å². The largest absolute Gasteiger partial charge is 0.337 e. The maximum absolute atomic E-state index is 12.5. The van der Waals surface area contributed by atoms with Gasteiger partial charge in [-0.1, -0.05) is 11.6 Å². The first-order valence-corrected chi connectivity index (χ1v) is 9.49. The summed E-state index contributed by atoms with van der Waals surface area (Å²) >= 11 is 7.48. The van der Waals surface area contributed by atoms with Crippen molar-refractivity contribution in [2.45, 2.75) is 25.7 Å². The summed E-state index contributed by atoms with van der Waals surface area (Å²) in [6.07, 6.45) is 3.43. The van der Waals surface area contributed by atoms with E-state index in [0.717, 1.165) is 47.7 Å². The van der Waals surface area contributed by atoms with Gasteiger partial charge >= 0.3 is 0 Å². The van der Waals surface area contributed by atoms with Crippen molar-refractivity contribution in [2.75, 3.05) is 13.1 Å². The summed E-state index contributed by atoms with van der Waals surface area (Å²) in [4.78, 5) is 27.7. The molecule has 1 amide bonds. The molecule has 1 saturated heterocycles. The van der Waals surface area contributed by atoms with Gasteiger partial charge in [-0.05, 0) is 38.0 Å². The Morgan fingerprint density at radius 1 is 1.28 bits per heavy atom. The minimum Gasteiger partial charge on any atom is -0.337 e. The van der Waals surface area contributed by atoms with Crippen molar-refractivity contribution >= 4 is 39.9 Å². The molecule has 0 bridgehead atoms. The molecule has 0 unspecified atom stereocenters. The van der Waals surface area contributed by atoms with Gasteiger partial charge in [0.25, 0.3) is 5.91 Å². The fourth-order valence-electron chi connectivity index (χ4n) is 3.23. The highest BCUT2D eigenvalue weighted by molar-refractivity contribution is 7.09. The van der Waals surface area contributed by atoms with Crippen LogP contribution in [0.4, 0.5) is 0 Å². The third-order valence-corrected chi connectivity index (χ3v) is 5.55. The number of thiazole rings is 1. The number of aromatic nitrogens is 3. The highest BCUT2D eigenvalue weighted by Crippen LogP contribution is 2.29. The van der Waals surface area contributed by atoms with Crippen LogP contribution in [0.5, 0.6) is 0 Å². The van der Waals surface area contributed by atoms with Crippen LogP contribution in [0.3, 0.4) is 0 Å². The summed E-state index contributed by atoms with van der Waals surface area (Å²) in [6, 6.07) is 5.94. The molecule has 0 saturated carbocycles. The second kappa shape index (κ2) is 6.69. The quantitative estimate of drug-likeness (QED) is 0.680. The number of nitrogens with zero attached hydrogens (tertiary/aromatic N) is 4. The molecule has 0 radical (unpaired) electrons. The number of pyridine rings is 2. The first-order chi connectivity index (χ1) is 12.1. The van der Waals surface area contributed by atoms with Crippen LogP contribution in [0.2, 0.25) is 5.02 Å². The van der Waals surface area contributed by atoms with E-state index in [1.54, 1.807) is 6.20 Å². The lowest BCUT2D eigenvalue weighted by Crippen LogP contribution is -2.38. The van der Waals surface area contributed by atoms with Gasteiger partial charge in [0.2, 0.25) is 0 Å². The van der Waals surface area contributed by atoms with Crippen molar-refractivity contribution in [1.29, 1.82) is 0 Å². The fraction of sp³-hybridized carbons (Fsp3) is 0.333. The highest BCUT2D eigenvalue weighted by Gasteiger charge is 2.26. The zero-order valence-electron chi connectivity index (χ0n) is 13.8. The van der Waals surface area contributed by atoms with Crippen molar-refractivity contribution < 1.29 is 4.79 Å². The molecule has 0 aromatic carbocycles. The van der Waals surface area contributed by atoms with Crippen molar-refractivity contribution in [1.82, 2.24) is 19.9 Å². The smallest absolute Gasteiger partial charge is 0.273 e. The predicted octanol–water partition coefficient (Wildman–Crippen LogP) is 4.07. The Morgan fingerprint density at radius 2 is 2.08 bits per heavy atom. The van der Waals surface area contributed by atoms with Gasteiger partial charge in [0.15, 0.2) is 5.65 Å². The number of hydrogen-bond acceptors (Lipinski definition) is 5. The van der Waals surface area contributed by atoms with Crippen molar-refractivity contribution in [3.63, 3.8) is 0 Å². The van der Waals surface area contributed by atoms with Gasteiger partial charge in [0, 0.05) is 41.7 Å². The second-order valence-electron chi connectivity index (χ2n) is 6.25. The van der Waals surface area contributed by atoms with Gasteiger partial charge in [-0.25, -0.2) is 15.0 Å². The summed E-state index contributed by atoms with van der Waals surface area (Å²) in [6.45, 7) is 3.38. The number of amides is 1. The highest BCUT2D eigenvalue weighted by atomic mass is 35.5. The molecule has 5 nitrogen and oxygen atoms in total. The molecule has 4 rings (SSSR count). The molecule has 0 atom stereocenters. The molecule has 4 heterocycles. The van der Waals surface area contributed by atoms with Crippen LogP contribution in [-0.4, -0.2) is 38.8 Å². The average Bonchev–Trinajstić information content (AvgIpc) is 3.07. The standard InChI is InChI=1S/C18H17ClN4OS/c1-11-21-16(10-25-11)18(24)23-6-4-12(5-7-23)15-3-2-13-8-14(19)9-20-17(13)22-15/h2-3,8-10,12H,4-7H2,1H3. The SMILES string of the molecule is Cc1nc(C(=O)N2CCC(c3ccc4cc(Cl)cnc4n3)CC2)cs1. The molecule has 7 heteroatoms. The van der Waals surface area contributed by atoms with E-state index in [1.807, 2.05) is 35.4 Å². The molecule has 1 aliphatic rings. The topological polar surface area (TPSA) is 59.0 Å². The number of hydrogen-bond donors (Lipinski definition) is 0. The molecule has 128 valence electrons. The van der Waals surface area contributed by atoms with E-state index in [-0.39, 0.29) is 5.91 Å². The van der Waals surface area contributed by atoms with Gasteiger partial charge in [0.1, 0.15) is 5.69 Å². The summed E-state index contributed by atoms with van der Waals surface area (Å²) in [5.74, 6) is 0.383. The summed E-state index contributed by atoms with van der Waals surface area (Å²) in [7, 11) is 0. The number of likely N-dealkylation sites (tertiary alicyclic amines) is 1. The van der Waals surface area contributed by atoms with Crippen LogP contribution < -0.4 is 0 Å². The van der Waals surface area contributed by atoms with E-state index in [1.165, 1.54) is 11.3 Å². The van der Waals surface area contributed by atoms with Gasteiger partial charge in [-0.2, -0.15) is 0 Å². The second-order valence-corrected chi connectivity index (χ2v) is 7.75. The van der Waals surface area contributed by atoms with Crippen LogP contribution in [-0.2, 0) is 0 Å². The normalized spacial score (nSPS) is 15.7. The zero-order valence-corrected chi connectivity index (χ0v) is 15.3. The van der Waals surface area contributed by atoms with E-state index in [2.05, 4.69) is 15.0 Å². The van der Waals surface area contributed by atoms with Gasteiger partial charge in [-0.3, -0.25) is 4.79 Å². The van der Waals surface area contributed by atoms with E-state index in [4.69, 9.17) is 11.6 Å². The number of rotatable bonds is 2. The lowest BCUT2D eigenvalue weighted by atomic mass is 9.92. The molecule has 25 heavy (non-hydrogen) atoms. The fourth-order valence-corrected chi connectivity index (χ4v) is 3.98. The maximum Gasteiger partial charge on any atom is 0.273 e. The first-order valence-electron chi connectivity index (χ1n) is 8.24. The Hall–Kier alpha value is -2.05. The number of aryl methyl sites for hydroxylation is 1. The molecule has 0 spiro atoms. The zero-order chi connectivity index (χ0) is 17.4. The van der Waals surface area contributed by atoms with E-state index < -0.39 is 0 Å². The third kappa shape index (κ3) is 3.37. The number of fused-ring (bicyclic) bond motifs is 1. The van der Waals surface area contributed by atoms with Crippen LogP contribution in [0, 0.1) is 6.92 Å². The van der Waals surface area contributed by atoms with E-state index in [0.29, 0.717) is 16.6 Å². The summed E-state index contributed by atoms with van der Waals surface area (Å²) in [5.41, 5.74) is 2.32. The number of carbonyl (C=O) groups is 1. The number of halogens is 1. The minimum atomic E-state index is 0.0329. The average molecular weight is 373 g/mol. The van der Waals surface area contributed by atoms with Crippen molar-refractivity contribution in [2.24, 2.45) is 0 Å². The van der Waals surface area contributed by atoms with Crippen LogP contribution in [0.1, 0.15) is 39.9 Å². The van der Waals surface area contributed by atoms with E-state index in [9.17, 15) is 4.79 Å².